The highest BCUT2D eigenvalue weighted by molar-refractivity contribution is 7.99. The number of thioether (sulfide) groups is 1. The Balaban J connectivity index is 1.04. The van der Waals surface area contributed by atoms with E-state index in [1.54, 1.807) is 16.6 Å². The number of fused-ring (bicyclic) bond motifs is 1. The van der Waals surface area contributed by atoms with Crippen LogP contribution in [-0.2, 0) is 6.54 Å². The lowest BCUT2D eigenvalue weighted by molar-refractivity contribution is 0.174. The minimum absolute atomic E-state index is 0.241. The molecule has 3 heterocycles. The van der Waals surface area contributed by atoms with Crippen molar-refractivity contribution < 1.29 is 13.9 Å². The van der Waals surface area contributed by atoms with Crippen molar-refractivity contribution in [1.82, 2.24) is 30.4 Å². The third kappa shape index (κ3) is 4.69. The average molecular weight is 436 g/mol. The molecule has 0 N–H and O–H groups in total. The molecule has 0 bridgehead atoms. The van der Waals surface area contributed by atoms with Gasteiger partial charge >= 0.3 is 0 Å². The van der Waals surface area contributed by atoms with E-state index in [9.17, 15) is 0 Å². The first-order valence-electron chi connectivity index (χ1n) is 10.0. The number of tetrazole rings is 1. The van der Waals surface area contributed by atoms with E-state index in [1.807, 2.05) is 48.5 Å². The molecule has 1 aliphatic rings. The Kier molecular flexibility index (Phi) is 5.79. The molecule has 4 aromatic rings. The maximum absolute atomic E-state index is 5.76. The summed E-state index contributed by atoms with van der Waals surface area (Å²) in [5.41, 5.74) is 1.80. The van der Waals surface area contributed by atoms with Crippen molar-refractivity contribution in [2.24, 2.45) is 0 Å². The number of rotatable bonds is 9. The van der Waals surface area contributed by atoms with Gasteiger partial charge in [-0.05, 0) is 36.3 Å². The molecular weight excluding hydrogens is 416 g/mol. The van der Waals surface area contributed by atoms with Gasteiger partial charge in [-0.25, -0.2) is 0 Å². The normalized spacial score (nSPS) is 12.4. The van der Waals surface area contributed by atoms with Crippen molar-refractivity contribution >= 4 is 11.8 Å². The minimum atomic E-state index is 0.241. The van der Waals surface area contributed by atoms with Crippen molar-refractivity contribution in [3.05, 3.63) is 48.5 Å². The maximum atomic E-state index is 5.76. The maximum Gasteiger partial charge on any atom is 0.276 e. The summed E-state index contributed by atoms with van der Waals surface area (Å²) in [5, 5.41) is 21.5. The molecular formula is C21H20N6O3S. The quantitative estimate of drug-likeness (QED) is 0.284. The van der Waals surface area contributed by atoms with Crippen LogP contribution >= 0.6 is 11.8 Å². The van der Waals surface area contributed by atoms with Crippen LogP contribution in [0.1, 0.15) is 19.3 Å². The van der Waals surface area contributed by atoms with Gasteiger partial charge in [0.25, 0.3) is 5.22 Å². The predicted molar refractivity (Wildman–Crippen MR) is 114 cm³/mol. The van der Waals surface area contributed by atoms with Crippen molar-refractivity contribution in [3.8, 4) is 34.3 Å². The Bertz CT molecular complexity index is 1150. The number of hydrogen-bond donors (Lipinski definition) is 0. The van der Waals surface area contributed by atoms with Crippen LogP contribution in [0.5, 0.6) is 11.5 Å². The lowest BCUT2D eigenvalue weighted by atomic mass is 10.2. The number of nitrogens with zero attached hydrogens (tertiary/aromatic N) is 6. The van der Waals surface area contributed by atoms with Gasteiger partial charge in [0, 0.05) is 16.9 Å². The van der Waals surface area contributed by atoms with E-state index in [0.717, 1.165) is 48.4 Å². The Morgan fingerprint density at radius 1 is 0.871 bits per heavy atom. The molecule has 2 aromatic carbocycles. The molecule has 0 aliphatic carbocycles. The van der Waals surface area contributed by atoms with Crippen LogP contribution in [-0.4, -0.2) is 43.0 Å². The molecule has 0 radical (unpaired) electrons. The molecule has 0 saturated heterocycles. The summed E-state index contributed by atoms with van der Waals surface area (Å²) in [7, 11) is 0. The molecule has 10 heteroatoms. The lowest BCUT2D eigenvalue weighted by Gasteiger charge is -2.00. The summed E-state index contributed by atoms with van der Waals surface area (Å²) in [5.74, 6) is 3.47. The summed E-state index contributed by atoms with van der Waals surface area (Å²) in [6.45, 7) is 0.990. The summed E-state index contributed by atoms with van der Waals surface area (Å²) in [6, 6.07) is 15.5. The highest BCUT2D eigenvalue weighted by Crippen LogP contribution is 2.36. The van der Waals surface area contributed by atoms with Crippen molar-refractivity contribution in [3.63, 3.8) is 0 Å². The molecule has 0 saturated carbocycles. The third-order valence-corrected chi connectivity index (χ3v) is 5.64. The highest BCUT2D eigenvalue weighted by Gasteiger charge is 2.16. The lowest BCUT2D eigenvalue weighted by Crippen LogP contribution is -2.02. The molecule has 0 atom stereocenters. The molecule has 158 valence electrons. The van der Waals surface area contributed by atoms with Gasteiger partial charge < -0.3 is 13.9 Å². The molecule has 9 nitrogen and oxygen atoms in total. The molecule has 1 aliphatic heterocycles. The topological polar surface area (TPSA) is 101 Å². The van der Waals surface area contributed by atoms with Gasteiger partial charge in [0.2, 0.25) is 18.5 Å². The molecule has 31 heavy (non-hydrogen) atoms. The van der Waals surface area contributed by atoms with Gasteiger partial charge in [0.1, 0.15) is 0 Å². The predicted octanol–water partition coefficient (Wildman–Crippen LogP) is 4.08. The average Bonchev–Trinajstić information content (AvgIpc) is 3.57. The molecule has 5 rings (SSSR count). The number of unbranched alkanes of at least 4 members (excludes halogenated alkanes) is 2. The van der Waals surface area contributed by atoms with E-state index in [0.29, 0.717) is 22.7 Å². The fourth-order valence-electron chi connectivity index (χ4n) is 3.15. The van der Waals surface area contributed by atoms with Crippen LogP contribution in [0, 0.1) is 0 Å². The first-order valence-corrected chi connectivity index (χ1v) is 11.0. The van der Waals surface area contributed by atoms with E-state index < -0.39 is 0 Å². The second kappa shape index (κ2) is 9.17. The van der Waals surface area contributed by atoms with E-state index in [2.05, 4.69) is 25.6 Å². The molecule has 2 aromatic heterocycles. The zero-order chi connectivity index (χ0) is 20.9. The highest BCUT2D eigenvalue weighted by atomic mass is 32.2. The van der Waals surface area contributed by atoms with Gasteiger partial charge in [-0.3, -0.25) is 0 Å². The zero-order valence-corrected chi connectivity index (χ0v) is 17.5. The fourth-order valence-corrected chi connectivity index (χ4v) is 3.91. The fraction of sp³-hybridized carbons (Fsp3) is 0.286. The van der Waals surface area contributed by atoms with Crippen LogP contribution in [0.2, 0.25) is 0 Å². The number of hydrogen-bond acceptors (Lipinski definition) is 9. The molecule has 0 unspecified atom stereocenters. The Morgan fingerprint density at radius 2 is 1.77 bits per heavy atom. The van der Waals surface area contributed by atoms with Gasteiger partial charge in [-0.15, -0.1) is 20.4 Å². The standard InChI is InChI=1S/C21H20N6O3S/c1-3-7-15(8-4-1)19-22-26-27(25-19)11-5-2-6-12-31-21-24-23-20(30-21)16-9-10-17-18(13-16)29-14-28-17/h1,3-4,7-10,13H,2,5-6,11-12,14H2. The largest absolute Gasteiger partial charge is 0.454 e. The van der Waals surface area contributed by atoms with Crippen molar-refractivity contribution in [1.29, 1.82) is 0 Å². The van der Waals surface area contributed by atoms with E-state index in [-0.39, 0.29) is 6.79 Å². The Morgan fingerprint density at radius 3 is 2.71 bits per heavy atom. The van der Waals surface area contributed by atoms with Gasteiger partial charge in [-0.2, -0.15) is 4.80 Å². The van der Waals surface area contributed by atoms with Gasteiger partial charge in [0.15, 0.2) is 11.5 Å². The Labute approximate surface area is 182 Å². The van der Waals surface area contributed by atoms with Gasteiger partial charge in [0.05, 0.1) is 6.54 Å². The number of ether oxygens (including phenoxy) is 2. The van der Waals surface area contributed by atoms with E-state index in [4.69, 9.17) is 13.9 Å². The minimum Gasteiger partial charge on any atom is -0.454 e. The van der Waals surface area contributed by atoms with Crippen molar-refractivity contribution in [2.75, 3.05) is 12.5 Å². The van der Waals surface area contributed by atoms with Crippen LogP contribution in [0.15, 0.2) is 58.2 Å². The smallest absolute Gasteiger partial charge is 0.276 e. The molecule has 0 amide bonds. The van der Waals surface area contributed by atoms with E-state index in [1.165, 1.54) is 0 Å². The molecule has 0 spiro atoms. The van der Waals surface area contributed by atoms with Crippen LogP contribution in [0.4, 0.5) is 0 Å². The van der Waals surface area contributed by atoms with Crippen molar-refractivity contribution in [2.45, 2.75) is 31.0 Å². The van der Waals surface area contributed by atoms with Crippen LogP contribution < -0.4 is 9.47 Å². The first kappa shape index (κ1) is 19.6. The van der Waals surface area contributed by atoms with Gasteiger partial charge in [-0.1, -0.05) is 48.5 Å². The molecule has 0 fully saturated rings. The monoisotopic (exact) mass is 436 g/mol. The SMILES string of the molecule is c1ccc(-c2nnn(CCCCCSc3nnc(-c4ccc5c(c4)OCO5)o3)n2)cc1. The summed E-state index contributed by atoms with van der Waals surface area (Å²) >= 11 is 1.56. The third-order valence-electron chi connectivity index (χ3n) is 4.74. The zero-order valence-electron chi connectivity index (χ0n) is 16.7. The van der Waals surface area contributed by atoms with Crippen LogP contribution in [0.3, 0.4) is 0 Å². The number of aryl methyl sites for hydroxylation is 1. The van der Waals surface area contributed by atoms with E-state index >= 15 is 0 Å². The summed E-state index contributed by atoms with van der Waals surface area (Å²) in [6.07, 6.45) is 3.07. The summed E-state index contributed by atoms with van der Waals surface area (Å²) < 4.78 is 16.5. The Hall–Kier alpha value is -3.40. The second-order valence-corrected chi connectivity index (χ2v) is 7.97. The number of aromatic nitrogens is 6. The summed E-state index contributed by atoms with van der Waals surface area (Å²) in [4.78, 5) is 1.66. The van der Waals surface area contributed by atoms with Crippen LogP contribution in [0.25, 0.3) is 22.8 Å². The first-order chi connectivity index (χ1) is 15.3. The second-order valence-electron chi connectivity index (χ2n) is 6.93. The number of benzene rings is 2.